The van der Waals surface area contributed by atoms with Crippen LogP contribution < -0.4 is 4.90 Å². The molecule has 0 unspecified atom stereocenters. The van der Waals surface area contributed by atoms with Gasteiger partial charge < -0.3 is 14.7 Å². The van der Waals surface area contributed by atoms with Crippen LogP contribution in [-0.4, -0.2) is 25.2 Å². The van der Waals surface area contributed by atoms with Crippen molar-refractivity contribution in [2.75, 3.05) is 19.1 Å². The summed E-state index contributed by atoms with van der Waals surface area (Å²) in [6.07, 6.45) is 0.0569. The van der Waals surface area contributed by atoms with Crippen LogP contribution in [0.1, 0.15) is 12.0 Å². The molecule has 0 aromatic heterocycles. The lowest BCUT2D eigenvalue weighted by Crippen LogP contribution is -2.38. The molecule has 0 spiro atoms. The third kappa shape index (κ3) is 1.83. The molecule has 1 aliphatic rings. The van der Waals surface area contributed by atoms with Crippen LogP contribution in [0.2, 0.25) is 0 Å². The van der Waals surface area contributed by atoms with Crippen LogP contribution in [0.15, 0.2) is 35.0 Å². The lowest BCUT2D eigenvalue weighted by Gasteiger charge is -2.22. The van der Waals surface area contributed by atoms with E-state index in [1.807, 2.05) is 0 Å². The van der Waals surface area contributed by atoms with Crippen molar-refractivity contribution in [2.24, 2.45) is 0 Å². The topological polar surface area (TPSA) is 49.8 Å². The summed E-state index contributed by atoms with van der Waals surface area (Å²) >= 11 is 3.35. The van der Waals surface area contributed by atoms with Gasteiger partial charge in [0.05, 0.1) is 18.6 Å². The van der Waals surface area contributed by atoms with E-state index in [2.05, 4.69) is 22.5 Å². The number of amides is 1. The lowest BCUT2D eigenvalue weighted by molar-refractivity contribution is -0.136. The molecule has 1 aromatic carbocycles. The molecule has 1 amide bonds. The summed E-state index contributed by atoms with van der Waals surface area (Å²) < 4.78 is 5.82. The van der Waals surface area contributed by atoms with E-state index in [0.717, 1.165) is 4.47 Å². The summed E-state index contributed by atoms with van der Waals surface area (Å²) in [7, 11) is 3.11. The van der Waals surface area contributed by atoms with Crippen LogP contribution in [0.3, 0.4) is 0 Å². The summed E-state index contributed by atoms with van der Waals surface area (Å²) in [4.78, 5) is 13.7. The summed E-state index contributed by atoms with van der Waals surface area (Å²) in [6.45, 7) is 3.67. The molecule has 1 aromatic rings. The van der Waals surface area contributed by atoms with E-state index in [1.165, 1.54) is 12.0 Å². The van der Waals surface area contributed by atoms with E-state index in [-0.39, 0.29) is 12.3 Å². The molecular weight excluding hydrogens is 298 g/mol. The predicted molar refractivity (Wildman–Crippen MR) is 72.2 cm³/mol. The van der Waals surface area contributed by atoms with Crippen molar-refractivity contribution in [2.45, 2.75) is 12.0 Å². The van der Waals surface area contributed by atoms with Gasteiger partial charge in [-0.1, -0.05) is 28.6 Å². The second kappa shape index (κ2) is 4.40. The number of rotatable bonds is 3. The molecule has 1 atom stereocenters. The largest absolute Gasteiger partial charge is 0.502 e. The Kier molecular flexibility index (Phi) is 3.21. The van der Waals surface area contributed by atoms with E-state index in [1.54, 1.807) is 25.2 Å². The maximum Gasteiger partial charge on any atom is 0.263 e. The highest BCUT2D eigenvalue weighted by Crippen LogP contribution is 2.43. The Labute approximate surface area is 114 Å². The molecule has 0 saturated carbocycles. The lowest BCUT2D eigenvalue weighted by atomic mass is 9.91. The molecule has 0 saturated heterocycles. The minimum atomic E-state index is -1.59. The van der Waals surface area contributed by atoms with Crippen LogP contribution in [-0.2, 0) is 15.1 Å². The van der Waals surface area contributed by atoms with Gasteiger partial charge >= 0.3 is 0 Å². The SMILES string of the molecule is C=C(C[C@]1(O)C(=O)N(C)c2cc(Br)ccc21)OC. The Balaban J connectivity index is 2.51. The monoisotopic (exact) mass is 311 g/mol. The Hall–Kier alpha value is -1.33. The summed E-state index contributed by atoms with van der Waals surface area (Å²) in [5.41, 5.74) is -0.310. The number of benzene rings is 1. The van der Waals surface area contributed by atoms with Gasteiger partial charge in [-0.2, -0.15) is 0 Å². The highest BCUT2D eigenvalue weighted by molar-refractivity contribution is 9.10. The van der Waals surface area contributed by atoms with Crippen molar-refractivity contribution in [3.8, 4) is 0 Å². The second-order valence-corrected chi connectivity index (χ2v) is 5.22. The average Bonchev–Trinajstić information content (AvgIpc) is 2.52. The molecule has 1 N–H and O–H groups in total. The second-order valence-electron chi connectivity index (χ2n) is 4.31. The van der Waals surface area contributed by atoms with Gasteiger partial charge in [0.15, 0.2) is 5.60 Å². The predicted octanol–water partition coefficient (Wildman–Crippen LogP) is 2.16. The zero-order valence-electron chi connectivity index (χ0n) is 10.2. The van der Waals surface area contributed by atoms with Crippen molar-refractivity contribution in [1.82, 2.24) is 0 Å². The van der Waals surface area contributed by atoms with Crippen molar-refractivity contribution < 1.29 is 14.6 Å². The number of carbonyl (C=O) groups is 1. The number of methoxy groups -OCH3 is 1. The standard InChI is InChI=1S/C13H14BrNO3/c1-8(18-3)7-13(17)10-5-4-9(14)6-11(10)15(2)12(13)16/h4-6,17H,1,7H2,2-3H3/t13-/m1/s1. The fraction of sp³-hybridized carbons (Fsp3) is 0.308. The molecular formula is C13H14BrNO3. The first-order valence-electron chi connectivity index (χ1n) is 5.42. The fourth-order valence-electron chi connectivity index (χ4n) is 2.16. The first kappa shape index (κ1) is 13.1. The number of carbonyl (C=O) groups excluding carboxylic acids is 1. The normalized spacial score (nSPS) is 22.0. The Morgan fingerprint density at radius 2 is 2.28 bits per heavy atom. The van der Waals surface area contributed by atoms with Gasteiger partial charge in [0.1, 0.15) is 0 Å². The molecule has 1 aliphatic heterocycles. The van der Waals surface area contributed by atoms with E-state index in [0.29, 0.717) is 17.0 Å². The molecule has 0 aliphatic carbocycles. The minimum absolute atomic E-state index is 0.0569. The molecule has 1 heterocycles. The molecule has 96 valence electrons. The Morgan fingerprint density at radius 3 is 2.89 bits per heavy atom. The van der Waals surface area contributed by atoms with Gasteiger partial charge in [-0.25, -0.2) is 0 Å². The van der Waals surface area contributed by atoms with E-state index >= 15 is 0 Å². The van der Waals surface area contributed by atoms with Gasteiger partial charge in [0, 0.05) is 23.5 Å². The number of hydrogen-bond acceptors (Lipinski definition) is 3. The van der Waals surface area contributed by atoms with Crippen molar-refractivity contribution in [3.63, 3.8) is 0 Å². The molecule has 0 fully saturated rings. The number of nitrogens with zero attached hydrogens (tertiary/aromatic N) is 1. The number of hydrogen-bond donors (Lipinski definition) is 1. The van der Waals surface area contributed by atoms with Crippen LogP contribution in [0, 0.1) is 0 Å². The highest BCUT2D eigenvalue weighted by Gasteiger charge is 2.48. The summed E-state index contributed by atoms with van der Waals surface area (Å²) in [5, 5.41) is 10.6. The molecule has 18 heavy (non-hydrogen) atoms. The number of fused-ring (bicyclic) bond motifs is 1. The molecule has 4 nitrogen and oxygen atoms in total. The Morgan fingerprint density at radius 1 is 1.61 bits per heavy atom. The quantitative estimate of drug-likeness (QED) is 0.870. The minimum Gasteiger partial charge on any atom is -0.502 e. The van der Waals surface area contributed by atoms with Gasteiger partial charge in [-0.3, -0.25) is 4.79 Å². The zero-order valence-corrected chi connectivity index (χ0v) is 11.8. The van der Waals surface area contributed by atoms with E-state index in [4.69, 9.17) is 4.74 Å². The van der Waals surface area contributed by atoms with Crippen LogP contribution in [0.4, 0.5) is 5.69 Å². The van der Waals surface area contributed by atoms with Gasteiger partial charge in [-0.15, -0.1) is 0 Å². The van der Waals surface area contributed by atoms with Crippen LogP contribution in [0.25, 0.3) is 0 Å². The van der Waals surface area contributed by atoms with Crippen LogP contribution >= 0.6 is 15.9 Å². The number of anilines is 1. The zero-order chi connectivity index (χ0) is 13.5. The highest BCUT2D eigenvalue weighted by atomic mass is 79.9. The summed E-state index contributed by atoms with van der Waals surface area (Å²) in [6, 6.07) is 5.34. The number of likely N-dealkylation sites (N-methyl/N-ethyl adjacent to an activating group) is 1. The maximum absolute atomic E-state index is 12.2. The summed E-state index contributed by atoms with van der Waals surface area (Å²) in [5.74, 6) is 0.00354. The number of aliphatic hydroxyl groups is 1. The molecule has 5 heteroatoms. The van der Waals surface area contributed by atoms with Crippen molar-refractivity contribution >= 4 is 27.5 Å². The Bertz CT molecular complexity index is 529. The fourth-order valence-corrected chi connectivity index (χ4v) is 2.51. The van der Waals surface area contributed by atoms with Crippen LogP contribution in [0.5, 0.6) is 0 Å². The molecule has 2 rings (SSSR count). The molecule has 0 radical (unpaired) electrons. The number of ether oxygens (including phenoxy) is 1. The van der Waals surface area contributed by atoms with E-state index < -0.39 is 5.60 Å². The van der Waals surface area contributed by atoms with E-state index in [9.17, 15) is 9.90 Å². The molecule has 0 bridgehead atoms. The van der Waals surface area contributed by atoms with Crippen molar-refractivity contribution in [3.05, 3.63) is 40.6 Å². The van der Waals surface area contributed by atoms with Crippen molar-refractivity contribution in [1.29, 1.82) is 0 Å². The first-order chi connectivity index (χ1) is 8.40. The third-order valence-electron chi connectivity index (χ3n) is 3.17. The van der Waals surface area contributed by atoms with Gasteiger partial charge in [0.2, 0.25) is 0 Å². The third-order valence-corrected chi connectivity index (χ3v) is 3.66. The first-order valence-corrected chi connectivity index (χ1v) is 6.22. The average molecular weight is 312 g/mol. The smallest absolute Gasteiger partial charge is 0.263 e. The maximum atomic E-state index is 12.2. The van der Waals surface area contributed by atoms with Gasteiger partial charge in [0.25, 0.3) is 5.91 Å². The van der Waals surface area contributed by atoms with Gasteiger partial charge in [-0.05, 0) is 12.1 Å². The number of halogens is 1.